The van der Waals surface area contributed by atoms with Crippen LogP contribution < -0.4 is 10.6 Å². The zero-order valence-electron chi connectivity index (χ0n) is 9.63. The van der Waals surface area contributed by atoms with Crippen molar-refractivity contribution in [3.63, 3.8) is 0 Å². The van der Waals surface area contributed by atoms with Gasteiger partial charge >= 0.3 is 0 Å². The van der Waals surface area contributed by atoms with Crippen LogP contribution in [-0.4, -0.2) is 44.1 Å². The van der Waals surface area contributed by atoms with Gasteiger partial charge in [0.2, 0.25) is 0 Å². The van der Waals surface area contributed by atoms with Crippen molar-refractivity contribution in [3.05, 3.63) is 30.3 Å². The van der Waals surface area contributed by atoms with Gasteiger partial charge in [0.15, 0.2) is 5.96 Å². The van der Waals surface area contributed by atoms with Crippen LogP contribution in [0.3, 0.4) is 0 Å². The first-order valence-electron chi connectivity index (χ1n) is 5.58. The van der Waals surface area contributed by atoms with Crippen molar-refractivity contribution < 1.29 is 0 Å². The van der Waals surface area contributed by atoms with Gasteiger partial charge in [-0.1, -0.05) is 18.2 Å². The lowest BCUT2D eigenvalue weighted by Gasteiger charge is -2.36. The molecule has 1 heterocycles. The number of para-hydroxylation sites is 1. The molecule has 4 nitrogen and oxygen atoms in total. The van der Waals surface area contributed by atoms with Gasteiger partial charge in [0.05, 0.1) is 0 Å². The van der Waals surface area contributed by atoms with Crippen LogP contribution in [-0.2, 0) is 0 Å². The molecule has 0 bridgehead atoms. The Morgan fingerprint density at radius 1 is 1.12 bits per heavy atom. The normalized spacial score (nSPS) is 17.7. The summed E-state index contributed by atoms with van der Waals surface area (Å²) >= 11 is 0. The average molecular weight is 218 g/mol. The Labute approximate surface area is 96.4 Å². The molecule has 0 saturated carbocycles. The van der Waals surface area contributed by atoms with Crippen molar-refractivity contribution >= 4 is 11.6 Å². The van der Waals surface area contributed by atoms with Crippen molar-refractivity contribution in [2.45, 2.75) is 0 Å². The van der Waals surface area contributed by atoms with E-state index in [2.05, 4.69) is 39.1 Å². The summed E-state index contributed by atoms with van der Waals surface area (Å²) in [5, 5.41) is 0. The SMILES string of the molecule is CN=C(N)N1CCN(c2ccccc2)CC1. The topological polar surface area (TPSA) is 44.9 Å². The summed E-state index contributed by atoms with van der Waals surface area (Å²) in [5.41, 5.74) is 7.08. The first-order valence-corrected chi connectivity index (χ1v) is 5.58. The molecule has 0 aromatic heterocycles. The standard InChI is InChI=1S/C12H18N4/c1-14-12(13)16-9-7-15(8-10-16)11-5-3-2-4-6-11/h2-6H,7-10H2,1H3,(H2,13,14). The van der Waals surface area contributed by atoms with Crippen molar-refractivity contribution in [2.24, 2.45) is 10.7 Å². The first kappa shape index (κ1) is 10.8. The fourth-order valence-electron chi connectivity index (χ4n) is 1.97. The van der Waals surface area contributed by atoms with E-state index in [1.165, 1.54) is 5.69 Å². The Morgan fingerprint density at radius 3 is 2.31 bits per heavy atom. The number of nitrogens with two attached hydrogens (primary N) is 1. The van der Waals surface area contributed by atoms with Crippen LogP contribution in [0.4, 0.5) is 5.69 Å². The second kappa shape index (κ2) is 4.88. The third-order valence-electron chi connectivity index (χ3n) is 2.95. The van der Waals surface area contributed by atoms with Gasteiger partial charge in [-0.15, -0.1) is 0 Å². The molecule has 86 valence electrons. The zero-order chi connectivity index (χ0) is 11.4. The highest BCUT2D eigenvalue weighted by atomic mass is 15.3. The fourth-order valence-corrected chi connectivity index (χ4v) is 1.97. The predicted octanol–water partition coefficient (Wildman–Crippen LogP) is 0.753. The summed E-state index contributed by atoms with van der Waals surface area (Å²) < 4.78 is 0. The molecular formula is C12H18N4. The van der Waals surface area contributed by atoms with Crippen LogP contribution in [0.25, 0.3) is 0 Å². The lowest BCUT2D eigenvalue weighted by atomic mass is 10.2. The molecule has 1 aliphatic heterocycles. The van der Waals surface area contributed by atoms with E-state index in [0.717, 1.165) is 26.2 Å². The van der Waals surface area contributed by atoms with E-state index in [9.17, 15) is 0 Å². The van der Waals surface area contributed by atoms with Crippen LogP contribution in [0.1, 0.15) is 0 Å². The number of rotatable bonds is 1. The number of hydrogen-bond donors (Lipinski definition) is 1. The smallest absolute Gasteiger partial charge is 0.191 e. The van der Waals surface area contributed by atoms with Gasteiger partial charge in [0, 0.05) is 38.9 Å². The minimum absolute atomic E-state index is 0.646. The molecule has 4 heteroatoms. The summed E-state index contributed by atoms with van der Waals surface area (Å²) in [6, 6.07) is 10.5. The predicted molar refractivity (Wildman–Crippen MR) is 67.8 cm³/mol. The van der Waals surface area contributed by atoms with E-state index in [1.807, 2.05) is 6.07 Å². The molecular weight excluding hydrogens is 200 g/mol. The molecule has 0 radical (unpaired) electrons. The highest BCUT2D eigenvalue weighted by molar-refractivity contribution is 5.78. The molecule has 1 aromatic rings. The quantitative estimate of drug-likeness (QED) is 0.559. The van der Waals surface area contributed by atoms with Gasteiger partial charge < -0.3 is 15.5 Å². The minimum atomic E-state index is 0.646. The molecule has 1 saturated heterocycles. The Morgan fingerprint density at radius 2 is 1.75 bits per heavy atom. The maximum absolute atomic E-state index is 5.79. The molecule has 0 unspecified atom stereocenters. The van der Waals surface area contributed by atoms with Crippen LogP contribution in [0.5, 0.6) is 0 Å². The van der Waals surface area contributed by atoms with E-state index in [0.29, 0.717) is 5.96 Å². The maximum Gasteiger partial charge on any atom is 0.191 e. The maximum atomic E-state index is 5.79. The van der Waals surface area contributed by atoms with Crippen molar-refractivity contribution in [1.82, 2.24) is 4.90 Å². The van der Waals surface area contributed by atoms with E-state index in [-0.39, 0.29) is 0 Å². The second-order valence-corrected chi connectivity index (χ2v) is 3.89. The van der Waals surface area contributed by atoms with E-state index in [4.69, 9.17) is 5.73 Å². The monoisotopic (exact) mass is 218 g/mol. The van der Waals surface area contributed by atoms with Gasteiger partial charge in [-0.2, -0.15) is 0 Å². The molecule has 16 heavy (non-hydrogen) atoms. The number of nitrogens with zero attached hydrogens (tertiary/aromatic N) is 3. The highest BCUT2D eigenvalue weighted by Gasteiger charge is 2.17. The summed E-state index contributed by atoms with van der Waals surface area (Å²) in [7, 11) is 1.74. The molecule has 0 atom stereocenters. The third kappa shape index (κ3) is 2.27. The van der Waals surface area contributed by atoms with E-state index >= 15 is 0 Å². The highest BCUT2D eigenvalue weighted by Crippen LogP contribution is 2.15. The van der Waals surface area contributed by atoms with Crippen LogP contribution >= 0.6 is 0 Å². The Balaban J connectivity index is 1.96. The molecule has 1 fully saturated rings. The lowest BCUT2D eigenvalue weighted by Crippen LogP contribution is -2.51. The second-order valence-electron chi connectivity index (χ2n) is 3.89. The van der Waals surface area contributed by atoms with Gasteiger partial charge in [-0.05, 0) is 12.1 Å². The minimum Gasteiger partial charge on any atom is -0.370 e. The Bertz CT molecular complexity index is 353. The van der Waals surface area contributed by atoms with Crippen molar-refractivity contribution in [3.8, 4) is 0 Å². The first-order chi connectivity index (χ1) is 7.81. The number of hydrogen-bond acceptors (Lipinski definition) is 2. The molecule has 0 spiro atoms. The molecule has 0 amide bonds. The summed E-state index contributed by atoms with van der Waals surface area (Å²) in [6.07, 6.45) is 0. The van der Waals surface area contributed by atoms with Crippen molar-refractivity contribution in [2.75, 3.05) is 38.1 Å². The number of guanidine groups is 1. The van der Waals surface area contributed by atoms with Crippen molar-refractivity contribution in [1.29, 1.82) is 0 Å². The molecule has 2 rings (SSSR count). The van der Waals surface area contributed by atoms with Gasteiger partial charge in [0.1, 0.15) is 0 Å². The molecule has 1 aliphatic rings. The average Bonchev–Trinajstić information content (AvgIpc) is 2.39. The Hall–Kier alpha value is -1.71. The number of piperazine rings is 1. The van der Waals surface area contributed by atoms with Gasteiger partial charge in [0.25, 0.3) is 0 Å². The Kier molecular flexibility index (Phi) is 3.29. The zero-order valence-corrected chi connectivity index (χ0v) is 9.63. The third-order valence-corrected chi connectivity index (χ3v) is 2.95. The van der Waals surface area contributed by atoms with E-state index in [1.54, 1.807) is 7.05 Å². The molecule has 2 N–H and O–H groups in total. The number of anilines is 1. The largest absolute Gasteiger partial charge is 0.370 e. The molecule has 0 aliphatic carbocycles. The summed E-state index contributed by atoms with van der Waals surface area (Å²) in [6.45, 7) is 3.89. The molecule has 1 aromatic carbocycles. The number of benzene rings is 1. The fraction of sp³-hybridized carbons (Fsp3) is 0.417. The lowest BCUT2D eigenvalue weighted by molar-refractivity contribution is 0.381. The van der Waals surface area contributed by atoms with E-state index < -0.39 is 0 Å². The van der Waals surface area contributed by atoms with Gasteiger partial charge in [-0.25, -0.2) is 0 Å². The summed E-state index contributed by atoms with van der Waals surface area (Å²) in [4.78, 5) is 8.51. The van der Waals surface area contributed by atoms with Crippen LogP contribution in [0, 0.1) is 0 Å². The van der Waals surface area contributed by atoms with Gasteiger partial charge in [-0.3, -0.25) is 4.99 Å². The van der Waals surface area contributed by atoms with Crippen LogP contribution in [0.2, 0.25) is 0 Å². The number of aliphatic imine (C=N–C) groups is 1. The summed E-state index contributed by atoms with van der Waals surface area (Å²) in [5.74, 6) is 0.646. The van der Waals surface area contributed by atoms with Crippen LogP contribution in [0.15, 0.2) is 35.3 Å².